The smallest absolute Gasteiger partial charge is 0.316 e. The van der Waals surface area contributed by atoms with Crippen molar-refractivity contribution < 1.29 is 14.6 Å². The molecule has 2 N–H and O–H groups in total. The number of carboxylic acids is 1. The van der Waals surface area contributed by atoms with E-state index in [1.165, 1.54) is 0 Å². The van der Waals surface area contributed by atoms with Crippen LogP contribution in [0, 0.1) is 5.92 Å². The first-order valence-corrected chi connectivity index (χ1v) is 10.3. The van der Waals surface area contributed by atoms with Crippen LogP contribution in [-0.4, -0.2) is 42.1 Å². The monoisotopic (exact) mass is 415 g/mol. The molecule has 0 amide bonds. The number of imidazole rings is 1. The van der Waals surface area contributed by atoms with E-state index in [1.807, 2.05) is 36.4 Å². The number of benzene rings is 1. The van der Waals surface area contributed by atoms with E-state index in [0.717, 1.165) is 33.7 Å². The fourth-order valence-electron chi connectivity index (χ4n) is 3.88. The predicted molar refractivity (Wildman–Crippen MR) is 114 cm³/mol. The van der Waals surface area contributed by atoms with Crippen molar-refractivity contribution in [3.63, 3.8) is 0 Å². The summed E-state index contributed by atoms with van der Waals surface area (Å²) in [5, 5.41) is 9.09. The van der Waals surface area contributed by atoms with Gasteiger partial charge in [0.15, 0.2) is 0 Å². The van der Waals surface area contributed by atoms with E-state index in [1.54, 1.807) is 18.6 Å². The van der Waals surface area contributed by atoms with Crippen LogP contribution in [0.1, 0.15) is 25.7 Å². The molecule has 8 heteroatoms. The summed E-state index contributed by atoms with van der Waals surface area (Å²) in [6.45, 7) is 0. The maximum absolute atomic E-state index is 11.1. The van der Waals surface area contributed by atoms with Crippen molar-refractivity contribution in [1.82, 2.24) is 24.9 Å². The average Bonchev–Trinajstić information content (AvgIpc) is 3.24. The Morgan fingerprint density at radius 3 is 2.35 bits per heavy atom. The number of nitrogens with zero attached hydrogens (tertiary/aromatic N) is 4. The normalized spacial score (nSPS) is 18.7. The third-order valence-corrected chi connectivity index (χ3v) is 5.65. The number of fused-ring (bicyclic) bond motifs is 1. The second-order valence-electron chi connectivity index (χ2n) is 7.72. The summed E-state index contributed by atoms with van der Waals surface area (Å²) in [6.07, 6.45) is 7.77. The predicted octanol–water partition coefficient (Wildman–Crippen LogP) is 4.10. The van der Waals surface area contributed by atoms with Crippen molar-refractivity contribution in [1.29, 1.82) is 0 Å². The van der Waals surface area contributed by atoms with Gasteiger partial charge >= 0.3 is 12.0 Å². The number of hydrogen-bond acceptors (Lipinski definition) is 6. The van der Waals surface area contributed by atoms with Crippen LogP contribution < -0.4 is 4.74 Å². The molecule has 1 aliphatic carbocycles. The van der Waals surface area contributed by atoms with E-state index in [-0.39, 0.29) is 12.0 Å². The summed E-state index contributed by atoms with van der Waals surface area (Å²) >= 11 is 0. The van der Waals surface area contributed by atoms with E-state index in [4.69, 9.17) is 9.84 Å². The van der Waals surface area contributed by atoms with Crippen LogP contribution in [0.4, 0.5) is 0 Å². The number of carboxylic acid groups (broad SMARTS) is 1. The maximum atomic E-state index is 11.1. The van der Waals surface area contributed by atoms with Gasteiger partial charge in [-0.25, -0.2) is 15.0 Å². The van der Waals surface area contributed by atoms with Crippen molar-refractivity contribution in [2.75, 3.05) is 0 Å². The lowest BCUT2D eigenvalue weighted by molar-refractivity contribution is -0.143. The summed E-state index contributed by atoms with van der Waals surface area (Å²) in [7, 11) is 0. The zero-order valence-corrected chi connectivity index (χ0v) is 16.7. The molecule has 0 aliphatic heterocycles. The Morgan fingerprint density at radius 2 is 1.68 bits per heavy atom. The largest absolute Gasteiger partial charge is 0.481 e. The van der Waals surface area contributed by atoms with Gasteiger partial charge in [0.2, 0.25) is 0 Å². The van der Waals surface area contributed by atoms with Gasteiger partial charge in [-0.05, 0) is 49.9 Å². The average molecular weight is 415 g/mol. The van der Waals surface area contributed by atoms with Gasteiger partial charge in [0, 0.05) is 29.7 Å². The van der Waals surface area contributed by atoms with Gasteiger partial charge in [0.1, 0.15) is 11.9 Å². The number of para-hydroxylation sites is 2. The van der Waals surface area contributed by atoms with Gasteiger partial charge in [-0.15, -0.1) is 0 Å². The number of aliphatic carboxylic acids is 1. The summed E-state index contributed by atoms with van der Waals surface area (Å²) in [5.74, 6) is -0.215. The van der Waals surface area contributed by atoms with Crippen LogP contribution >= 0.6 is 0 Å². The second-order valence-corrected chi connectivity index (χ2v) is 7.72. The zero-order chi connectivity index (χ0) is 21.2. The van der Waals surface area contributed by atoms with Crippen LogP contribution in [0.2, 0.25) is 0 Å². The quantitative estimate of drug-likeness (QED) is 0.504. The third kappa shape index (κ3) is 4.09. The number of H-pyrrole nitrogens is 1. The molecular formula is C23H21N5O3. The number of carbonyl (C=O) groups is 1. The molecule has 3 aromatic heterocycles. The van der Waals surface area contributed by atoms with Gasteiger partial charge < -0.3 is 14.8 Å². The molecule has 3 heterocycles. The summed E-state index contributed by atoms with van der Waals surface area (Å²) < 4.78 is 5.83. The highest BCUT2D eigenvalue weighted by atomic mass is 16.5. The first kappa shape index (κ1) is 19.2. The van der Waals surface area contributed by atoms with Gasteiger partial charge in [0.05, 0.1) is 22.6 Å². The van der Waals surface area contributed by atoms with Crippen LogP contribution in [0.15, 0.2) is 55.0 Å². The van der Waals surface area contributed by atoms with E-state index >= 15 is 0 Å². The van der Waals surface area contributed by atoms with E-state index in [9.17, 15) is 4.79 Å². The zero-order valence-electron chi connectivity index (χ0n) is 16.7. The minimum atomic E-state index is -0.724. The molecule has 1 aliphatic rings. The lowest BCUT2D eigenvalue weighted by Crippen LogP contribution is -2.28. The second kappa shape index (κ2) is 8.14. The molecule has 0 bridgehead atoms. The molecule has 4 aromatic rings. The molecule has 1 aromatic carbocycles. The SMILES string of the molecule is O=C(O)C1CCC(Oc2ncc(-c3ccc(-c4nc5ccccc5[nH]4)cn3)cn2)CC1. The standard InChI is InChI=1S/C23H21N5O3/c29-22(30)14-5-8-17(9-6-14)31-23-25-12-16(13-26-23)18-10-7-15(11-24-18)21-27-19-3-1-2-4-20(19)28-21/h1-4,7,10-14,17H,5-6,8-9H2,(H,27,28)(H,29,30). The first-order valence-electron chi connectivity index (χ1n) is 10.3. The van der Waals surface area contributed by atoms with Crippen molar-refractivity contribution in [3.8, 4) is 28.7 Å². The Bertz CT molecular complexity index is 1160. The fourth-order valence-corrected chi connectivity index (χ4v) is 3.88. The van der Waals surface area contributed by atoms with Crippen LogP contribution in [0.3, 0.4) is 0 Å². The highest BCUT2D eigenvalue weighted by Gasteiger charge is 2.27. The Morgan fingerprint density at radius 1 is 0.935 bits per heavy atom. The number of rotatable bonds is 5. The third-order valence-electron chi connectivity index (χ3n) is 5.65. The highest BCUT2D eigenvalue weighted by Crippen LogP contribution is 2.27. The summed E-state index contributed by atoms with van der Waals surface area (Å²) in [6, 6.07) is 12.1. The molecule has 0 unspecified atom stereocenters. The number of aromatic amines is 1. The lowest BCUT2D eigenvalue weighted by atomic mass is 9.87. The molecular weight excluding hydrogens is 394 g/mol. The highest BCUT2D eigenvalue weighted by molar-refractivity contribution is 5.79. The molecule has 8 nitrogen and oxygen atoms in total. The molecule has 0 saturated heterocycles. The van der Waals surface area contributed by atoms with E-state index < -0.39 is 5.97 Å². The van der Waals surface area contributed by atoms with Crippen molar-refractivity contribution in [3.05, 3.63) is 55.0 Å². The topological polar surface area (TPSA) is 114 Å². The Labute approximate surface area is 178 Å². The summed E-state index contributed by atoms with van der Waals surface area (Å²) in [4.78, 5) is 32.1. The minimum absolute atomic E-state index is 0.0392. The number of nitrogens with one attached hydrogen (secondary N) is 1. The lowest BCUT2D eigenvalue weighted by Gasteiger charge is -2.25. The molecule has 1 fully saturated rings. The first-order chi connectivity index (χ1) is 15.2. The number of aromatic nitrogens is 5. The summed E-state index contributed by atoms with van der Waals surface area (Å²) in [5.41, 5.74) is 4.35. The van der Waals surface area contributed by atoms with Crippen molar-refractivity contribution in [2.24, 2.45) is 5.92 Å². The molecule has 1 saturated carbocycles. The Kier molecular flexibility index (Phi) is 5.03. The molecule has 0 spiro atoms. The van der Waals surface area contributed by atoms with Gasteiger partial charge in [-0.1, -0.05) is 12.1 Å². The van der Waals surface area contributed by atoms with Gasteiger partial charge in [-0.2, -0.15) is 0 Å². The minimum Gasteiger partial charge on any atom is -0.481 e. The van der Waals surface area contributed by atoms with E-state index in [2.05, 4.69) is 24.9 Å². The molecule has 0 atom stereocenters. The van der Waals surface area contributed by atoms with Gasteiger partial charge in [0.25, 0.3) is 0 Å². The van der Waals surface area contributed by atoms with E-state index in [0.29, 0.717) is 31.7 Å². The van der Waals surface area contributed by atoms with Crippen molar-refractivity contribution >= 4 is 17.0 Å². The fraction of sp³-hybridized carbons (Fsp3) is 0.261. The maximum Gasteiger partial charge on any atom is 0.316 e. The molecule has 0 radical (unpaired) electrons. The van der Waals surface area contributed by atoms with Crippen LogP contribution in [0.25, 0.3) is 33.7 Å². The van der Waals surface area contributed by atoms with Crippen LogP contribution in [0.5, 0.6) is 6.01 Å². The molecule has 156 valence electrons. The Balaban J connectivity index is 1.25. The Hall–Kier alpha value is -3.81. The number of ether oxygens (including phenoxy) is 1. The number of hydrogen-bond donors (Lipinski definition) is 2. The van der Waals surface area contributed by atoms with Crippen molar-refractivity contribution in [2.45, 2.75) is 31.8 Å². The number of pyridine rings is 1. The molecule has 31 heavy (non-hydrogen) atoms. The molecule has 5 rings (SSSR count). The van der Waals surface area contributed by atoms with Gasteiger partial charge in [-0.3, -0.25) is 9.78 Å². The van der Waals surface area contributed by atoms with Crippen LogP contribution in [-0.2, 0) is 4.79 Å².